The van der Waals surface area contributed by atoms with Crippen LogP contribution >= 0.6 is 0 Å². The summed E-state index contributed by atoms with van der Waals surface area (Å²) >= 11 is 0. The van der Waals surface area contributed by atoms with Crippen LogP contribution in [0.2, 0.25) is 0 Å². The summed E-state index contributed by atoms with van der Waals surface area (Å²) in [5, 5.41) is 3.47. The lowest BCUT2D eigenvalue weighted by atomic mass is 9.91. The second kappa shape index (κ2) is 5.50. The molecule has 1 heterocycles. The van der Waals surface area contributed by atoms with Crippen molar-refractivity contribution >= 4 is 5.82 Å². The maximum absolute atomic E-state index is 4.57. The molecule has 1 N–H and O–H groups in total. The number of rotatable bonds is 5. The molecular formula is C14H23N3. The van der Waals surface area contributed by atoms with E-state index >= 15 is 0 Å². The Balaban J connectivity index is 2.19. The average molecular weight is 233 g/mol. The Morgan fingerprint density at radius 2 is 2.29 bits per heavy atom. The lowest BCUT2D eigenvalue weighted by molar-refractivity contribution is 0.398. The Kier molecular flexibility index (Phi) is 4.00. The van der Waals surface area contributed by atoms with Crippen molar-refractivity contribution in [3.8, 4) is 0 Å². The van der Waals surface area contributed by atoms with Gasteiger partial charge in [-0.15, -0.1) is 0 Å². The van der Waals surface area contributed by atoms with Gasteiger partial charge in [-0.1, -0.05) is 13.0 Å². The SMILES string of the molecule is CCNC(C)c1cccnc1N(C)C1CCC1. The van der Waals surface area contributed by atoms with Crippen LogP contribution in [-0.2, 0) is 0 Å². The molecule has 1 saturated carbocycles. The minimum Gasteiger partial charge on any atom is -0.356 e. The van der Waals surface area contributed by atoms with Crippen molar-refractivity contribution in [3.05, 3.63) is 23.9 Å². The van der Waals surface area contributed by atoms with Crippen LogP contribution in [0.1, 0.15) is 44.7 Å². The van der Waals surface area contributed by atoms with Gasteiger partial charge in [-0.05, 0) is 38.8 Å². The van der Waals surface area contributed by atoms with Gasteiger partial charge in [0, 0.05) is 30.9 Å². The Morgan fingerprint density at radius 1 is 1.53 bits per heavy atom. The summed E-state index contributed by atoms with van der Waals surface area (Å²) in [6.07, 6.45) is 5.87. The highest BCUT2D eigenvalue weighted by molar-refractivity contribution is 5.48. The zero-order valence-corrected chi connectivity index (χ0v) is 11.1. The third-order valence-corrected chi connectivity index (χ3v) is 3.75. The summed E-state index contributed by atoms with van der Waals surface area (Å²) in [5.41, 5.74) is 1.31. The molecule has 2 rings (SSSR count). The van der Waals surface area contributed by atoms with Gasteiger partial charge in [-0.3, -0.25) is 0 Å². The summed E-state index contributed by atoms with van der Waals surface area (Å²) in [7, 11) is 2.17. The fourth-order valence-electron chi connectivity index (χ4n) is 2.41. The van der Waals surface area contributed by atoms with Crippen molar-refractivity contribution in [3.63, 3.8) is 0 Å². The van der Waals surface area contributed by atoms with E-state index in [2.05, 4.69) is 42.2 Å². The first-order valence-electron chi connectivity index (χ1n) is 6.65. The summed E-state index contributed by atoms with van der Waals surface area (Å²) in [6.45, 7) is 5.34. The number of aromatic nitrogens is 1. The number of nitrogens with one attached hydrogen (secondary N) is 1. The Bertz CT molecular complexity index is 360. The number of hydrogen-bond donors (Lipinski definition) is 1. The van der Waals surface area contributed by atoms with Gasteiger partial charge < -0.3 is 10.2 Å². The highest BCUT2D eigenvalue weighted by atomic mass is 15.2. The molecule has 1 unspecified atom stereocenters. The summed E-state index contributed by atoms with van der Waals surface area (Å²) < 4.78 is 0. The number of nitrogens with zero attached hydrogens (tertiary/aromatic N) is 2. The van der Waals surface area contributed by atoms with Gasteiger partial charge in [0.1, 0.15) is 5.82 Å². The fourth-order valence-corrected chi connectivity index (χ4v) is 2.41. The van der Waals surface area contributed by atoms with E-state index in [0.717, 1.165) is 12.4 Å². The molecule has 17 heavy (non-hydrogen) atoms. The summed E-state index contributed by atoms with van der Waals surface area (Å²) in [6, 6.07) is 5.27. The average Bonchev–Trinajstić information content (AvgIpc) is 2.27. The van der Waals surface area contributed by atoms with Crippen LogP contribution in [0, 0.1) is 0 Å². The second-order valence-corrected chi connectivity index (χ2v) is 4.89. The molecule has 0 aliphatic heterocycles. The first-order chi connectivity index (χ1) is 8.24. The van der Waals surface area contributed by atoms with Crippen molar-refractivity contribution in [1.82, 2.24) is 10.3 Å². The van der Waals surface area contributed by atoms with Gasteiger partial charge in [0.15, 0.2) is 0 Å². The smallest absolute Gasteiger partial charge is 0.133 e. The second-order valence-electron chi connectivity index (χ2n) is 4.89. The van der Waals surface area contributed by atoms with E-state index in [1.54, 1.807) is 0 Å². The third-order valence-electron chi connectivity index (χ3n) is 3.75. The van der Waals surface area contributed by atoms with Gasteiger partial charge in [-0.25, -0.2) is 4.98 Å². The van der Waals surface area contributed by atoms with Crippen LogP contribution in [0.3, 0.4) is 0 Å². The maximum atomic E-state index is 4.57. The van der Waals surface area contributed by atoms with Gasteiger partial charge in [0.25, 0.3) is 0 Å². The first kappa shape index (κ1) is 12.4. The molecule has 94 valence electrons. The van der Waals surface area contributed by atoms with Crippen molar-refractivity contribution in [2.24, 2.45) is 0 Å². The van der Waals surface area contributed by atoms with E-state index in [4.69, 9.17) is 0 Å². The molecule has 0 radical (unpaired) electrons. The van der Waals surface area contributed by atoms with Crippen molar-refractivity contribution in [2.75, 3.05) is 18.5 Å². The minimum atomic E-state index is 0.367. The molecule has 0 amide bonds. The maximum Gasteiger partial charge on any atom is 0.133 e. The quantitative estimate of drug-likeness (QED) is 0.847. The largest absolute Gasteiger partial charge is 0.356 e. The summed E-state index contributed by atoms with van der Waals surface area (Å²) in [4.78, 5) is 6.92. The zero-order chi connectivity index (χ0) is 12.3. The van der Waals surface area contributed by atoms with E-state index in [-0.39, 0.29) is 0 Å². The predicted molar refractivity (Wildman–Crippen MR) is 72.4 cm³/mol. The molecule has 0 bridgehead atoms. The Morgan fingerprint density at radius 3 is 2.88 bits per heavy atom. The molecule has 0 spiro atoms. The van der Waals surface area contributed by atoms with Crippen LogP contribution in [0.5, 0.6) is 0 Å². The molecule has 1 fully saturated rings. The van der Waals surface area contributed by atoms with Crippen molar-refractivity contribution in [1.29, 1.82) is 0 Å². The number of anilines is 1. The number of hydrogen-bond acceptors (Lipinski definition) is 3. The van der Waals surface area contributed by atoms with Crippen molar-refractivity contribution < 1.29 is 0 Å². The molecule has 1 aliphatic rings. The van der Waals surface area contributed by atoms with Crippen LogP contribution in [0.25, 0.3) is 0 Å². The monoisotopic (exact) mass is 233 g/mol. The van der Waals surface area contributed by atoms with Crippen LogP contribution in [0.4, 0.5) is 5.82 Å². The standard InChI is InChI=1S/C14H23N3/c1-4-15-11(2)13-9-6-10-16-14(13)17(3)12-7-5-8-12/h6,9-12,15H,4-5,7-8H2,1-3H3. The Hall–Kier alpha value is -1.09. The molecule has 1 aromatic rings. The lowest BCUT2D eigenvalue weighted by Gasteiger charge is -2.37. The molecular weight excluding hydrogens is 210 g/mol. The van der Waals surface area contributed by atoms with Gasteiger partial charge in [-0.2, -0.15) is 0 Å². The van der Waals surface area contributed by atoms with Crippen LogP contribution in [-0.4, -0.2) is 24.6 Å². The molecule has 1 aliphatic carbocycles. The predicted octanol–water partition coefficient (Wildman–Crippen LogP) is 2.74. The topological polar surface area (TPSA) is 28.2 Å². The third kappa shape index (κ3) is 2.60. The normalized spacial score (nSPS) is 17.6. The van der Waals surface area contributed by atoms with E-state index < -0.39 is 0 Å². The molecule has 3 nitrogen and oxygen atoms in total. The molecule has 3 heteroatoms. The van der Waals surface area contributed by atoms with E-state index in [1.807, 2.05) is 12.3 Å². The van der Waals surface area contributed by atoms with Gasteiger partial charge in [0.2, 0.25) is 0 Å². The van der Waals surface area contributed by atoms with Crippen molar-refractivity contribution in [2.45, 2.75) is 45.2 Å². The first-order valence-corrected chi connectivity index (χ1v) is 6.65. The molecule has 1 aromatic heterocycles. The summed E-state index contributed by atoms with van der Waals surface area (Å²) in [5.74, 6) is 1.14. The Labute approximate surface area is 104 Å². The van der Waals surface area contributed by atoms with E-state index in [0.29, 0.717) is 12.1 Å². The minimum absolute atomic E-state index is 0.367. The molecule has 0 saturated heterocycles. The highest BCUT2D eigenvalue weighted by Crippen LogP contribution is 2.31. The molecule has 1 atom stereocenters. The fraction of sp³-hybridized carbons (Fsp3) is 0.643. The van der Waals surface area contributed by atoms with E-state index in [1.165, 1.54) is 24.8 Å². The van der Waals surface area contributed by atoms with Crippen LogP contribution in [0.15, 0.2) is 18.3 Å². The number of pyridine rings is 1. The highest BCUT2D eigenvalue weighted by Gasteiger charge is 2.25. The van der Waals surface area contributed by atoms with Gasteiger partial charge >= 0.3 is 0 Å². The van der Waals surface area contributed by atoms with E-state index in [9.17, 15) is 0 Å². The van der Waals surface area contributed by atoms with Gasteiger partial charge in [0.05, 0.1) is 0 Å². The van der Waals surface area contributed by atoms with Crippen LogP contribution < -0.4 is 10.2 Å². The lowest BCUT2D eigenvalue weighted by Crippen LogP contribution is -2.38. The molecule has 0 aromatic carbocycles. The zero-order valence-electron chi connectivity index (χ0n) is 11.1.